The number of hydrogen-bond acceptors (Lipinski definition) is 3. The van der Waals surface area contributed by atoms with Crippen molar-refractivity contribution in [3.8, 4) is 0 Å². The number of aliphatic carboxylic acids is 1. The van der Waals surface area contributed by atoms with Gasteiger partial charge in [-0.05, 0) is 39.2 Å². The third kappa shape index (κ3) is 3.98. The van der Waals surface area contributed by atoms with Crippen molar-refractivity contribution in [1.82, 2.24) is 10.6 Å². The fourth-order valence-electron chi connectivity index (χ4n) is 2.23. The molecule has 0 saturated carbocycles. The van der Waals surface area contributed by atoms with Crippen LogP contribution >= 0.6 is 0 Å². The molecule has 1 fully saturated rings. The average molecular weight is 256 g/mol. The van der Waals surface area contributed by atoms with Crippen molar-refractivity contribution in [1.29, 1.82) is 0 Å². The molecule has 3 N–H and O–H groups in total. The van der Waals surface area contributed by atoms with Gasteiger partial charge in [-0.2, -0.15) is 0 Å². The fraction of sp³-hybridized carbons (Fsp3) is 0.846. The number of piperidine rings is 1. The normalized spacial score (nSPS) is 27.3. The van der Waals surface area contributed by atoms with Crippen LogP contribution < -0.4 is 10.6 Å². The van der Waals surface area contributed by atoms with Gasteiger partial charge in [0.25, 0.3) is 0 Å². The molecule has 0 aliphatic carbocycles. The van der Waals surface area contributed by atoms with Gasteiger partial charge >= 0.3 is 5.97 Å². The average Bonchev–Trinajstić information content (AvgIpc) is 2.37. The van der Waals surface area contributed by atoms with Gasteiger partial charge in [-0.3, -0.25) is 9.59 Å². The highest BCUT2D eigenvalue weighted by Gasteiger charge is 2.28. The molecule has 104 valence electrons. The summed E-state index contributed by atoms with van der Waals surface area (Å²) in [5, 5.41) is 14.9. The van der Waals surface area contributed by atoms with Gasteiger partial charge in [0.05, 0.1) is 12.0 Å². The Hall–Kier alpha value is -1.10. The van der Waals surface area contributed by atoms with Gasteiger partial charge in [0.1, 0.15) is 0 Å². The first kappa shape index (κ1) is 15.0. The fourth-order valence-corrected chi connectivity index (χ4v) is 2.23. The molecule has 5 nitrogen and oxygen atoms in total. The Morgan fingerprint density at radius 2 is 2.11 bits per heavy atom. The van der Waals surface area contributed by atoms with Crippen molar-refractivity contribution in [2.45, 2.75) is 52.1 Å². The number of hydrogen-bond donors (Lipinski definition) is 3. The van der Waals surface area contributed by atoms with E-state index in [0.29, 0.717) is 5.92 Å². The number of amides is 1. The Labute approximate surface area is 108 Å². The van der Waals surface area contributed by atoms with Crippen LogP contribution in [0.25, 0.3) is 0 Å². The summed E-state index contributed by atoms with van der Waals surface area (Å²) in [5.74, 6) is -0.937. The van der Waals surface area contributed by atoms with Crippen LogP contribution in [0.5, 0.6) is 0 Å². The second-order valence-corrected chi connectivity index (χ2v) is 5.23. The predicted molar refractivity (Wildman–Crippen MR) is 69.2 cm³/mol. The van der Waals surface area contributed by atoms with E-state index in [1.807, 2.05) is 0 Å². The number of carboxylic acid groups (broad SMARTS) is 1. The smallest absolute Gasteiger partial charge is 0.308 e. The third-order valence-corrected chi connectivity index (χ3v) is 3.92. The molecule has 5 heteroatoms. The number of carbonyl (C=O) groups excluding carboxylic acids is 1. The molecule has 0 aromatic heterocycles. The Morgan fingerprint density at radius 3 is 2.67 bits per heavy atom. The number of rotatable bonds is 5. The van der Waals surface area contributed by atoms with E-state index in [9.17, 15) is 9.59 Å². The first-order chi connectivity index (χ1) is 8.45. The lowest BCUT2D eigenvalue weighted by atomic mass is 9.90. The lowest BCUT2D eigenvalue weighted by Crippen LogP contribution is -2.52. The summed E-state index contributed by atoms with van der Waals surface area (Å²) in [4.78, 5) is 22.9. The minimum atomic E-state index is -0.883. The van der Waals surface area contributed by atoms with Crippen LogP contribution in [0.15, 0.2) is 0 Å². The highest BCUT2D eigenvalue weighted by atomic mass is 16.4. The lowest BCUT2D eigenvalue weighted by Gasteiger charge is -2.30. The number of nitrogens with one attached hydrogen (secondary N) is 2. The van der Waals surface area contributed by atoms with Crippen LogP contribution in [-0.4, -0.2) is 35.6 Å². The zero-order chi connectivity index (χ0) is 13.7. The minimum absolute atomic E-state index is 0.0752. The molecule has 0 aromatic rings. The maximum Gasteiger partial charge on any atom is 0.308 e. The molecule has 1 heterocycles. The van der Waals surface area contributed by atoms with E-state index in [2.05, 4.69) is 17.6 Å². The zero-order valence-corrected chi connectivity index (χ0v) is 11.4. The summed E-state index contributed by atoms with van der Waals surface area (Å²) in [6, 6.07) is -0.522. The summed E-state index contributed by atoms with van der Waals surface area (Å²) >= 11 is 0. The van der Waals surface area contributed by atoms with Crippen molar-refractivity contribution >= 4 is 11.9 Å². The van der Waals surface area contributed by atoms with Crippen LogP contribution in [-0.2, 0) is 9.59 Å². The molecule has 1 aliphatic rings. The second kappa shape index (κ2) is 6.73. The van der Waals surface area contributed by atoms with Crippen molar-refractivity contribution < 1.29 is 14.7 Å². The predicted octanol–water partition coefficient (Wildman–Crippen LogP) is 0.990. The molecule has 0 bridgehead atoms. The molecule has 0 radical (unpaired) electrons. The van der Waals surface area contributed by atoms with Gasteiger partial charge in [0, 0.05) is 6.04 Å². The molecule has 4 unspecified atom stereocenters. The van der Waals surface area contributed by atoms with Crippen LogP contribution in [0.2, 0.25) is 0 Å². The summed E-state index contributed by atoms with van der Waals surface area (Å²) < 4.78 is 0. The molecule has 0 aromatic carbocycles. The Morgan fingerprint density at radius 1 is 1.44 bits per heavy atom. The van der Waals surface area contributed by atoms with E-state index in [4.69, 9.17) is 5.11 Å². The van der Waals surface area contributed by atoms with Crippen LogP contribution in [0.3, 0.4) is 0 Å². The van der Waals surface area contributed by atoms with Crippen LogP contribution in [0.1, 0.15) is 40.0 Å². The van der Waals surface area contributed by atoms with Crippen molar-refractivity contribution in [3.63, 3.8) is 0 Å². The largest absolute Gasteiger partial charge is 0.481 e. The van der Waals surface area contributed by atoms with Crippen LogP contribution in [0.4, 0.5) is 0 Å². The van der Waals surface area contributed by atoms with Gasteiger partial charge in [-0.1, -0.05) is 13.3 Å². The molecule has 1 rings (SSSR count). The molecular formula is C13H24N2O3. The van der Waals surface area contributed by atoms with Crippen molar-refractivity contribution in [2.24, 2.45) is 11.8 Å². The monoisotopic (exact) mass is 256 g/mol. The van der Waals surface area contributed by atoms with E-state index in [1.54, 1.807) is 13.8 Å². The van der Waals surface area contributed by atoms with Crippen molar-refractivity contribution in [2.75, 3.05) is 6.54 Å². The standard InChI is InChI=1S/C13H24N2O3/c1-4-10-5-6-14-11(7-10)12(16)15-9(3)8(2)13(17)18/h8-11,14H,4-7H2,1-3H3,(H,15,16)(H,17,18). The Bertz CT molecular complexity index is 307. The van der Waals surface area contributed by atoms with Gasteiger partial charge in [-0.15, -0.1) is 0 Å². The highest BCUT2D eigenvalue weighted by molar-refractivity contribution is 5.83. The Balaban J connectivity index is 2.47. The van der Waals surface area contributed by atoms with Gasteiger partial charge in [0.15, 0.2) is 0 Å². The topological polar surface area (TPSA) is 78.4 Å². The highest BCUT2D eigenvalue weighted by Crippen LogP contribution is 2.19. The Kier molecular flexibility index (Phi) is 5.59. The van der Waals surface area contributed by atoms with E-state index < -0.39 is 11.9 Å². The molecule has 0 spiro atoms. The first-order valence-corrected chi connectivity index (χ1v) is 6.72. The summed E-state index contributed by atoms with van der Waals surface area (Å²) in [6.45, 7) is 6.34. The summed E-state index contributed by atoms with van der Waals surface area (Å²) in [7, 11) is 0. The quantitative estimate of drug-likeness (QED) is 0.685. The van der Waals surface area contributed by atoms with Crippen LogP contribution in [0, 0.1) is 11.8 Å². The SMILES string of the molecule is CCC1CCNC(C(=O)NC(C)C(C)C(=O)O)C1. The second-order valence-electron chi connectivity index (χ2n) is 5.23. The maximum absolute atomic E-state index is 12.0. The lowest BCUT2D eigenvalue weighted by molar-refractivity contribution is -0.142. The van der Waals surface area contributed by atoms with E-state index in [0.717, 1.165) is 25.8 Å². The van der Waals surface area contributed by atoms with E-state index >= 15 is 0 Å². The molecule has 1 amide bonds. The van der Waals surface area contributed by atoms with Gasteiger partial charge < -0.3 is 15.7 Å². The molecular weight excluding hydrogens is 232 g/mol. The summed E-state index contributed by atoms with van der Waals surface area (Å²) in [6.07, 6.45) is 3.05. The zero-order valence-electron chi connectivity index (χ0n) is 11.4. The minimum Gasteiger partial charge on any atom is -0.481 e. The molecule has 4 atom stereocenters. The number of carbonyl (C=O) groups is 2. The summed E-state index contributed by atoms with van der Waals surface area (Å²) in [5.41, 5.74) is 0. The molecule has 18 heavy (non-hydrogen) atoms. The third-order valence-electron chi connectivity index (χ3n) is 3.92. The molecule has 1 aliphatic heterocycles. The number of carboxylic acids is 1. The van der Waals surface area contributed by atoms with Gasteiger partial charge in [0.2, 0.25) is 5.91 Å². The first-order valence-electron chi connectivity index (χ1n) is 6.72. The van der Waals surface area contributed by atoms with Crippen molar-refractivity contribution in [3.05, 3.63) is 0 Å². The van der Waals surface area contributed by atoms with E-state index in [-0.39, 0.29) is 18.0 Å². The van der Waals surface area contributed by atoms with E-state index in [1.165, 1.54) is 0 Å². The molecule has 1 saturated heterocycles. The maximum atomic E-state index is 12.0. The van der Waals surface area contributed by atoms with Gasteiger partial charge in [-0.25, -0.2) is 0 Å².